The van der Waals surface area contributed by atoms with E-state index in [2.05, 4.69) is 21.3 Å². The highest BCUT2D eigenvalue weighted by atomic mass is 19.4. The van der Waals surface area contributed by atoms with Gasteiger partial charge in [-0.3, -0.25) is 19.2 Å². The van der Waals surface area contributed by atoms with Crippen LogP contribution in [0.25, 0.3) is 0 Å². The summed E-state index contributed by atoms with van der Waals surface area (Å²) in [7, 11) is 1.42. The fraction of sp³-hybridized carbons (Fsp3) is 0.469. The largest absolute Gasteiger partial charge is 0.497 e. The van der Waals surface area contributed by atoms with Gasteiger partial charge in [-0.25, -0.2) is 4.79 Å². The van der Waals surface area contributed by atoms with Gasteiger partial charge in [-0.05, 0) is 62.4 Å². The van der Waals surface area contributed by atoms with Crippen LogP contribution in [0.1, 0.15) is 64.3 Å². The molecule has 0 unspecified atom stereocenters. The van der Waals surface area contributed by atoms with E-state index in [0.717, 1.165) is 5.56 Å². The van der Waals surface area contributed by atoms with E-state index in [1.54, 1.807) is 45.0 Å². The topological polar surface area (TPSA) is 152 Å². The molecular weight excluding hydrogens is 609 g/mol. The van der Waals surface area contributed by atoms with Crippen molar-refractivity contribution in [3.8, 4) is 5.75 Å². The van der Waals surface area contributed by atoms with Crippen LogP contribution >= 0.6 is 0 Å². The second kappa shape index (κ2) is 16.1. The Hall–Kier alpha value is -4.62. The SMILES string of the molecule is COc1ccc([C@H](NC(=O)[C@H](C)NC(=O)Cc2ccc(CNC(=O)OC(C)(C)C)cc2)C(=O)N[C@H](C(=O)C(F)(F)F)C(C)C)cc1. The third-order valence-corrected chi connectivity index (χ3v) is 6.52. The Bertz CT molecular complexity index is 1370. The molecule has 0 aromatic heterocycles. The molecule has 46 heavy (non-hydrogen) atoms. The molecule has 0 aliphatic carbocycles. The molecule has 0 fully saturated rings. The number of Topliss-reactive ketones (excluding diaryl/α,β-unsaturated/α-hetero) is 1. The van der Waals surface area contributed by atoms with Crippen molar-refractivity contribution in [2.75, 3.05) is 7.11 Å². The Morgan fingerprint density at radius 3 is 1.85 bits per heavy atom. The average molecular weight is 651 g/mol. The molecule has 0 saturated heterocycles. The number of benzene rings is 2. The van der Waals surface area contributed by atoms with Gasteiger partial charge in [0.2, 0.25) is 17.7 Å². The van der Waals surface area contributed by atoms with E-state index in [-0.39, 0.29) is 18.5 Å². The molecule has 0 spiro atoms. The molecule has 0 aliphatic rings. The number of carbonyl (C=O) groups excluding carboxylic acids is 5. The molecule has 0 aliphatic heterocycles. The number of amides is 4. The Labute approximate surface area is 266 Å². The summed E-state index contributed by atoms with van der Waals surface area (Å²) in [5, 5.41) is 9.76. The molecule has 0 bridgehead atoms. The van der Waals surface area contributed by atoms with Crippen LogP contribution in [0.4, 0.5) is 18.0 Å². The number of methoxy groups -OCH3 is 1. The van der Waals surface area contributed by atoms with Gasteiger partial charge in [-0.1, -0.05) is 50.2 Å². The first-order chi connectivity index (χ1) is 21.3. The maximum atomic E-state index is 13.2. The van der Waals surface area contributed by atoms with Gasteiger partial charge < -0.3 is 30.7 Å². The lowest BCUT2D eigenvalue weighted by Crippen LogP contribution is -2.54. The smallest absolute Gasteiger partial charge is 0.452 e. The molecule has 3 atom stereocenters. The maximum Gasteiger partial charge on any atom is 0.452 e. The first kappa shape index (κ1) is 37.6. The lowest BCUT2D eigenvalue weighted by molar-refractivity contribution is -0.175. The quantitative estimate of drug-likeness (QED) is 0.257. The molecule has 4 N–H and O–H groups in total. The molecule has 0 radical (unpaired) electrons. The summed E-state index contributed by atoms with van der Waals surface area (Å²) in [6.07, 6.45) is -5.84. The van der Waals surface area contributed by atoms with Crippen LogP contribution in [0, 0.1) is 5.92 Å². The molecule has 11 nitrogen and oxygen atoms in total. The van der Waals surface area contributed by atoms with Gasteiger partial charge in [0, 0.05) is 6.54 Å². The molecule has 2 aromatic rings. The van der Waals surface area contributed by atoms with Crippen molar-refractivity contribution < 1.29 is 46.6 Å². The van der Waals surface area contributed by atoms with Crippen LogP contribution in [0.2, 0.25) is 0 Å². The number of rotatable bonds is 13. The molecule has 2 aromatic carbocycles. The van der Waals surface area contributed by atoms with Crippen molar-refractivity contribution in [3.63, 3.8) is 0 Å². The number of hydrogen-bond donors (Lipinski definition) is 4. The summed E-state index contributed by atoms with van der Waals surface area (Å²) in [6.45, 7) is 9.54. The Morgan fingerprint density at radius 2 is 1.35 bits per heavy atom. The van der Waals surface area contributed by atoms with Gasteiger partial charge in [-0.2, -0.15) is 13.2 Å². The number of carbonyl (C=O) groups is 5. The van der Waals surface area contributed by atoms with E-state index in [4.69, 9.17) is 9.47 Å². The first-order valence-corrected chi connectivity index (χ1v) is 14.5. The predicted octanol–water partition coefficient (Wildman–Crippen LogP) is 3.90. The second-order valence-corrected chi connectivity index (χ2v) is 11.9. The minimum absolute atomic E-state index is 0.0879. The van der Waals surface area contributed by atoms with Crippen LogP contribution in [0.5, 0.6) is 5.75 Å². The standard InChI is InChI=1S/C32H41F3N4O7/c1-18(2)25(27(41)32(33,34)35)38-29(43)26(22-12-14-23(45-7)15-13-22)39-28(42)19(3)37-24(40)16-20-8-10-21(11-9-20)17-36-30(44)46-31(4,5)6/h8-15,18-19,25-26H,16-17H2,1-7H3,(H,36,44)(H,37,40)(H,38,43)(H,39,42)/t19-,25-,26-/m0/s1. The number of ether oxygens (including phenoxy) is 2. The van der Waals surface area contributed by atoms with Crippen molar-refractivity contribution in [1.29, 1.82) is 0 Å². The summed E-state index contributed by atoms with van der Waals surface area (Å²) < 4.78 is 49.9. The highest BCUT2D eigenvalue weighted by molar-refractivity contribution is 5.96. The van der Waals surface area contributed by atoms with Gasteiger partial charge >= 0.3 is 12.3 Å². The average Bonchev–Trinajstić information content (AvgIpc) is 2.96. The summed E-state index contributed by atoms with van der Waals surface area (Å²) in [4.78, 5) is 62.9. The van der Waals surface area contributed by atoms with E-state index in [1.807, 2.05) is 0 Å². The minimum Gasteiger partial charge on any atom is -0.497 e. The number of halogens is 3. The van der Waals surface area contributed by atoms with Gasteiger partial charge in [0.05, 0.1) is 19.6 Å². The van der Waals surface area contributed by atoms with Crippen LogP contribution in [-0.4, -0.2) is 60.6 Å². The lowest BCUT2D eigenvalue weighted by atomic mass is 9.97. The van der Waals surface area contributed by atoms with Gasteiger partial charge in [0.25, 0.3) is 5.78 Å². The summed E-state index contributed by atoms with van der Waals surface area (Å²) in [5.74, 6) is -4.95. The molecule has 0 heterocycles. The van der Waals surface area contributed by atoms with E-state index < -0.39 is 65.4 Å². The third kappa shape index (κ3) is 12.1. The Balaban J connectivity index is 2.08. The molecule has 2 rings (SSSR count). The molecule has 14 heteroatoms. The number of hydrogen-bond acceptors (Lipinski definition) is 7. The van der Waals surface area contributed by atoms with E-state index in [1.165, 1.54) is 52.1 Å². The van der Waals surface area contributed by atoms with Crippen LogP contribution in [0.15, 0.2) is 48.5 Å². The molecule has 252 valence electrons. The number of alkyl carbamates (subject to hydrolysis) is 1. The molecule has 4 amide bonds. The zero-order valence-corrected chi connectivity index (χ0v) is 26.8. The van der Waals surface area contributed by atoms with Gasteiger partial charge in [0.15, 0.2) is 0 Å². The number of alkyl halides is 3. The van der Waals surface area contributed by atoms with E-state index in [0.29, 0.717) is 11.3 Å². The molecular formula is C32H41F3N4O7. The molecule has 0 saturated carbocycles. The normalized spacial score (nSPS) is 13.5. The summed E-state index contributed by atoms with van der Waals surface area (Å²) in [6, 6.07) is 8.16. The van der Waals surface area contributed by atoms with E-state index >= 15 is 0 Å². The van der Waals surface area contributed by atoms with Crippen molar-refractivity contribution in [3.05, 3.63) is 65.2 Å². The number of ketones is 1. The fourth-order valence-corrected chi connectivity index (χ4v) is 4.12. The first-order valence-electron chi connectivity index (χ1n) is 14.5. The minimum atomic E-state index is -5.18. The number of nitrogens with one attached hydrogen (secondary N) is 4. The zero-order valence-electron chi connectivity index (χ0n) is 26.8. The Kier molecular flexibility index (Phi) is 13.1. The lowest BCUT2D eigenvalue weighted by Gasteiger charge is -2.26. The van der Waals surface area contributed by atoms with E-state index in [9.17, 15) is 37.1 Å². The second-order valence-electron chi connectivity index (χ2n) is 11.9. The van der Waals surface area contributed by atoms with Crippen molar-refractivity contribution in [1.82, 2.24) is 21.3 Å². The highest BCUT2D eigenvalue weighted by Gasteiger charge is 2.45. The van der Waals surface area contributed by atoms with Crippen LogP contribution < -0.4 is 26.0 Å². The highest BCUT2D eigenvalue weighted by Crippen LogP contribution is 2.23. The summed E-state index contributed by atoms with van der Waals surface area (Å²) >= 11 is 0. The van der Waals surface area contributed by atoms with Crippen molar-refractivity contribution >= 4 is 29.6 Å². The predicted molar refractivity (Wildman–Crippen MR) is 163 cm³/mol. The Morgan fingerprint density at radius 1 is 0.783 bits per heavy atom. The monoisotopic (exact) mass is 650 g/mol. The van der Waals surface area contributed by atoms with Gasteiger partial charge in [-0.15, -0.1) is 0 Å². The fourth-order valence-electron chi connectivity index (χ4n) is 4.12. The third-order valence-electron chi connectivity index (χ3n) is 6.52. The van der Waals surface area contributed by atoms with Crippen LogP contribution in [-0.2, 0) is 36.9 Å². The van der Waals surface area contributed by atoms with Crippen molar-refractivity contribution in [2.24, 2.45) is 5.92 Å². The van der Waals surface area contributed by atoms with Crippen LogP contribution in [0.3, 0.4) is 0 Å². The summed E-state index contributed by atoms with van der Waals surface area (Å²) in [5.41, 5.74) is 0.956. The van der Waals surface area contributed by atoms with Crippen molar-refractivity contribution in [2.45, 2.75) is 84.4 Å². The van der Waals surface area contributed by atoms with Gasteiger partial charge in [0.1, 0.15) is 23.4 Å². The zero-order chi connectivity index (χ0) is 34.8. The maximum absolute atomic E-state index is 13.2.